The third-order valence-corrected chi connectivity index (χ3v) is 6.58. The maximum atomic E-state index is 13.0. The van der Waals surface area contributed by atoms with E-state index in [1.165, 1.54) is 16.7 Å². The third-order valence-electron chi connectivity index (χ3n) is 3.90. The summed E-state index contributed by atoms with van der Waals surface area (Å²) >= 11 is 8.51. The van der Waals surface area contributed by atoms with Crippen LogP contribution in [0.4, 0.5) is 11.4 Å². The van der Waals surface area contributed by atoms with E-state index in [1.54, 1.807) is 16.7 Å². The van der Waals surface area contributed by atoms with Gasteiger partial charge in [-0.15, -0.1) is 0 Å². The van der Waals surface area contributed by atoms with Gasteiger partial charge in [-0.1, -0.05) is 66.1 Å². The Balaban J connectivity index is 1.77. The summed E-state index contributed by atoms with van der Waals surface area (Å²) in [6, 6.07) is 17.8. The minimum Gasteiger partial charge on any atom is -0.334 e. The molecule has 2 aromatic rings. The number of thioether (sulfide) groups is 2. The molecule has 1 saturated heterocycles. The van der Waals surface area contributed by atoms with Crippen LogP contribution in [0.25, 0.3) is 0 Å². The Labute approximate surface area is 154 Å². The molecule has 0 bridgehead atoms. The average Bonchev–Trinajstić information content (AvgIpc) is 3.12. The van der Waals surface area contributed by atoms with Crippen molar-refractivity contribution in [3.05, 3.63) is 64.5 Å². The van der Waals surface area contributed by atoms with Gasteiger partial charge in [0.25, 0.3) is 5.91 Å². The summed E-state index contributed by atoms with van der Waals surface area (Å²) in [6.45, 7) is 2.91. The molecule has 0 atom stereocenters. The van der Waals surface area contributed by atoms with Crippen LogP contribution in [0.15, 0.2) is 69.4 Å². The molecular weight excluding hydrogens is 356 g/mol. The van der Waals surface area contributed by atoms with Crippen molar-refractivity contribution in [3.8, 4) is 0 Å². The van der Waals surface area contributed by atoms with Crippen molar-refractivity contribution in [2.75, 3.05) is 16.3 Å². The third kappa shape index (κ3) is 2.46. The first-order valence-corrected chi connectivity index (χ1v) is 9.65. The first-order chi connectivity index (χ1) is 11.7. The lowest BCUT2D eigenvalue weighted by Gasteiger charge is -2.19. The van der Waals surface area contributed by atoms with Gasteiger partial charge in [-0.05, 0) is 31.2 Å². The van der Waals surface area contributed by atoms with Crippen LogP contribution < -0.4 is 9.80 Å². The van der Waals surface area contributed by atoms with Crippen LogP contribution in [0.3, 0.4) is 0 Å². The van der Waals surface area contributed by atoms with E-state index in [4.69, 9.17) is 12.2 Å². The fourth-order valence-corrected chi connectivity index (χ4v) is 5.49. The molecule has 0 aliphatic carbocycles. The number of hydrogen-bond acceptors (Lipinski definition) is 5. The highest BCUT2D eigenvalue weighted by Crippen LogP contribution is 2.50. The highest BCUT2D eigenvalue weighted by atomic mass is 32.2. The van der Waals surface area contributed by atoms with Gasteiger partial charge in [0, 0.05) is 11.4 Å². The lowest BCUT2D eigenvalue weighted by atomic mass is 10.3. The van der Waals surface area contributed by atoms with E-state index in [0.717, 1.165) is 22.9 Å². The maximum absolute atomic E-state index is 13.0. The number of carbonyl (C=O) groups is 1. The smallest absolute Gasteiger partial charge is 0.273 e. The standard InChI is InChI=1S/C18H14N2OS3/c1-2-19-13-10-6-7-11-14(13)23-17(19)15-16(21)20(18(22)24-15)12-8-4-3-5-9-12/h3-11H,2H2,1H3. The lowest BCUT2D eigenvalue weighted by Crippen LogP contribution is -2.28. The summed E-state index contributed by atoms with van der Waals surface area (Å²) in [5.41, 5.74) is 1.98. The second-order valence-electron chi connectivity index (χ2n) is 5.29. The van der Waals surface area contributed by atoms with Gasteiger partial charge in [-0.3, -0.25) is 9.69 Å². The fourth-order valence-electron chi connectivity index (χ4n) is 2.81. The molecule has 0 spiro atoms. The molecule has 1 amide bonds. The van der Waals surface area contributed by atoms with Crippen LogP contribution in [-0.2, 0) is 4.79 Å². The largest absolute Gasteiger partial charge is 0.334 e. The summed E-state index contributed by atoms with van der Waals surface area (Å²) in [6.07, 6.45) is 0. The number of hydrogen-bond donors (Lipinski definition) is 0. The van der Waals surface area contributed by atoms with Gasteiger partial charge in [-0.2, -0.15) is 0 Å². The van der Waals surface area contributed by atoms with Crippen molar-refractivity contribution in [2.45, 2.75) is 11.8 Å². The summed E-state index contributed by atoms with van der Waals surface area (Å²) < 4.78 is 0.585. The molecule has 3 nitrogen and oxygen atoms in total. The van der Waals surface area contributed by atoms with Gasteiger partial charge in [-0.25, -0.2) is 0 Å². The number of thiocarbonyl (C=S) groups is 1. The summed E-state index contributed by atoms with van der Waals surface area (Å²) in [7, 11) is 0. The van der Waals surface area contributed by atoms with E-state index in [0.29, 0.717) is 9.23 Å². The van der Waals surface area contributed by atoms with Crippen LogP contribution in [0.2, 0.25) is 0 Å². The van der Waals surface area contributed by atoms with Crippen LogP contribution >= 0.6 is 35.7 Å². The molecule has 0 unspecified atom stereocenters. The predicted octanol–water partition coefficient (Wildman–Crippen LogP) is 4.85. The maximum Gasteiger partial charge on any atom is 0.273 e. The summed E-state index contributed by atoms with van der Waals surface area (Å²) in [5.74, 6) is -0.0371. The zero-order valence-electron chi connectivity index (χ0n) is 12.9. The van der Waals surface area contributed by atoms with E-state index in [2.05, 4.69) is 24.0 Å². The molecular formula is C18H14N2OS3. The Hall–Kier alpha value is -1.76. The second kappa shape index (κ2) is 6.27. The molecule has 2 aliphatic heterocycles. The van der Waals surface area contributed by atoms with Crippen LogP contribution in [-0.4, -0.2) is 16.8 Å². The Kier molecular flexibility index (Phi) is 4.12. The normalized spacial score (nSPS) is 20.0. The fraction of sp³-hybridized carbons (Fsp3) is 0.111. The molecule has 0 saturated carbocycles. The second-order valence-corrected chi connectivity index (χ2v) is 7.97. The van der Waals surface area contributed by atoms with E-state index in [-0.39, 0.29) is 5.91 Å². The number of anilines is 2. The van der Waals surface area contributed by atoms with Crippen LogP contribution in [0.5, 0.6) is 0 Å². The number of fused-ring (bicyclic) bond motifs is 1. The van der Waals surface area contributed by atoms with E-state index in [1.807, 2.05) is 42.5 Å². The highest BCUT2D eigenvalue weighted by molar-refractivity contribution is 8.27. The Morgan fingerprint density at radius 2 is 1.71 bits per heavy atom. The van der Waals surface area contributed by atoms with Gasteiger partial charge in [0.2, 0.25) is 0 Å². The molecule has 0 N–H and O–H groups in total. The number of para-hydroxylation sites is 2. The minimum atomic E-state index is -0.0371. The van der Waals surface area contributed by atoms with Crippen molar-refractivity contribution in [3.63, 3.8) is 0 Å². The first kappa shape index (κ1) is 15.7. The Morgan fingerprint density at radius 3 is 2.46 bits per heavy atom. The number of rotatable bonds is 2. The number of carbonyl (C=O) groups excluding carboxylic acids is 1. The number of benzene rings is 2. The number of nitrogens with zero attached hydrogens (tertiary/aromatic N) is 2. The molecule has 4 rings (SSSR count). The Morgan fingerprint density at radius 1 is 1.00 bits per heavy atom. The molecule has 0 aromatic heterocycles. The van der Waals surface area contributed by atoms with Gasteiger partial charge in [0.15, 0.2) is 4.32 Å². The highest BCUT2D eigenvalue weighted by Gasteiger charge is 2.39. The van der Waals surface area contributed by atoms with Crippen LogP contribution in [0, 0.1) is 0 Å². The van der Waals surface area contributed by atoms with Gasteiger partial charge >= 0.3 is 0 Å². The van der Waals surface area contributed by atoms with E-state index >= 15 is 0 Å². The Bertz CT molecular complexity index is 864. The molecule has 2 aliphatic rings. The molecule has 0 radical (unpaired) electrons. The summed E-state index contributed by atoms with van der Waals surface area (Å²) in [4.78, 5) is 18.7. The van der Waals surface area contributed by atoms with E-state index < -0.39 is 0 Å². The van der Waals surface area contributed by atoms with E-state index in [9.17, 15) is 4.79 Å². The first-order valence-electron chi connectivity index (χ1n) is 7.60. The SMILES string of the molecule is CCN1C(=C2SC(=S)N(c3ccccc3)C2=O)Sc2ccccc21. The molecule has 120 valence electrons. The topological polar surface area (TPSA) is 23.6 Å². The zero-order valence-corrected chi connectivity index (χ0v) is 15.4. The van der Waals surface area contributed by atoms with Crippen molar-refractivity contribution in [2.24, 2.45) is 0 Å². The molecule has 2 heterocycles. The van der Waals surface area contributed by atoms with Gasteiger partial charge < -0.3 is 4.90 Å². The zero-order chi connectivity index (χ0) is 16.7. The monoisotopic (exact) mass is 370 g/mol. The van der Waals surface area contributed by atoms with Crippen molar-refractivity contribution in [1.29, 1.82) is 0 Å². The molecule has 1 fully saturated rings. The van der Waals surface area contributed by atoms with Crippen LogP contribution in [0.1, 0.15) is 6.92 Å². The van der Waals surface area contributed by atoms with Gasteiger partial charge in [0.05, 0.1) is 11.4 Å². The summed E-state index contributed by atoms with van der Waals surface area (Å²) in [5, 5.41) is 0.981. The molecule has 6 heteroatoms. The number of amides is 1. The van der Waals surface area contributed by atoms with Crippen molar-refractivity contribution >= 4 is 57.3 Å². The average molecular weight is 371 g/mol. The van der Waals surface area contributed by atoms with Crippen molar-refractivity contribution in [1.82, 2.24) is 0 Å². The lowest BCUT2D eigenvalue weighted by molar-refractivity contribution is -0.113. The minimum absolute atomic E-state index is 0.0371. The quantitative estimate of drug-likeness (QED) is 0.555. The van der Waals surface area contributed by atoms with Crippen molar-refractivity contribution < 1.29 is 4.79 Å². The molecule has 2 aromatic carbocycles. The van der Waals surface area contributed by atoms with Gasteiger partial charge in [0.1, 0.15) is 9.93 Å². The molecule has 24 heavy (non-hydrogen) atoms. The predicted molar refractivity (Wildman–Crippen MR) is 106 cm³/mol.